The maximum Gasteiger partial charge on any atom is 0.331 e. The lowest BCUT2D eigenvalue weighted by Gasteiger charge is -2.64. The third kappa shape index (κ3) is 7.10. The van der Waals surface area contributed by atoms with Crippen LogP contribution in [-0.4, -0.2) is 102 Å². The van der Waals surface area contributed by atoms with Crippen molar-refractivity contribution < 1.29 is 53.7 Å². The Morgan fingerprint density at radius 2 is 1.79 bits per heavy atom. The Morgan fingerprint density at radius 3 is 2.47 bits per heavy atom. The number of carbonyl (C=O) groups excluding carboxylic acids is 2. The van der Waals surface area contributed by atoms with Crippen LogP contribution in [0.4, 0.5) is 0 Å². The molecule has 4 N–H and O–H groups in total. The largest absolute Gasteiger partial charge is 0.459 e. The second-order valence-corrected chi connectivity index (χ2v) is 14.4. The van der Waals surface area contributed by atoms with E-state index in [0.717, 1.165) is 31.1 Å². The van der Waals surface area contributed by atoms with Gasteiger partial charge in [0.15, 0.2) is 12.6 Å². The molecular weight excluding hydrogens is 608 g/mol. The predicted molar refractivity (Wildman–Crippen MR) is 170 cm³/mol. The molecular formula is C36H52O11. The van der Waals surface area contributed by atoms with Gasteiger partial charge in [0.05, 0.1) is 19.3 Å². The van der Waals surface area contributed by atoms with Crippen molar-refractivity contribution in [1.82, 2.24) is 0 Å². The molecule has 0 radical (unpaired) electrons. The normalized spacial score (nSPS) is 43.8. The van der Waals surface area contributed by atoms with Crippen molar-refractivity contribution in [2.24, 2.45) is 34.5 Å². The summed E-state index contributed by atoms with van der Waals surface area (Å²) in [5, 5.41) is 41.5. The molecule has 11 nitrogen and oxygen atoms in total. The van der Waals surface area contributed by atoms with Gasteiger partial charge >= 0.3 is 5.97 Å². The number of aliphatic hydroxyl groups is 4. The molecule has 0 unspecified atom stereocenters. The maximum absolute atomic E-state index is 13.4. The standard InChI is InChI=1S/C36H52O11/c1-21-18-27(47-34-31(42)30(41)29(40)26(20-38)46-34)36(3)24(19-37)11-12-25(45-28(39)13-10-22-8-6-5-7-9-22)32(36)35(21,2)16-14-23-15-17-44-33(23)43-4/h5-10,13,19,21,23-27,29-34,38,40-42H,11-12,14-18,20H2,1-4H3/b13-10+/t21-,23+,24+,25-,26-,27+,29-,30+,31-,32-,33-,34+,35+,36-/m1/s1. The molecule has 1 aromatic carbocycles. The Labute approximate surface area is 277 Å². The van der Waals surface area contributed by atoms with Crippen LogP contribution < -0.4 is 0 Å². The van der Waals surface area contributed by atoms with E-state index in [1.807, 2.05) is 37.3 Å². The number of aliphatic hydroxyl groups excluding tert-OH is 4. The van der Waals surface area contributed by atoms with Gasteiger partial charge in [-0.1, -0.05) is 51.1 Å². The third-order valence-electron chi connectivity index (χ3n) is 11.9. The quantitative estimate of drug-likeness (QED) is 0.157. The Kier molecular flexibility index (Phi) is 11.6. The first-order valence-corrected chi connectivity index (χ1v) is 17.0. The van der Waals surface area contributed by atoms with Gasteiger partial charge in [-0.25, -0.2) is 4.79 Å². The summed E-state index contributed by atoms with van der Waals surface area (Å²) in [6.07, 6.45) is -0.570. The predicted octanol–water partition coefficient (Wildman–Crippen LogP) is 2.86. The Balaban J connectivity index is 1.48. The average Bonchev–Trinajstić information content (AvgIpc) is 3.54. The number of fused-ring (bicyclic) bond motifs is 1. The zero-order valence-corrected chi connectivity index (χ0v) is 27.9. The third-order valence-corrected chi connectivity index (χ3v) is 11.9. The summed E-state index contributed by atoms with van der Waals surface area (Å²) in [5.41, 5.74) is -0.392. The molecule has 2 saturated heterocycles. The number of aldehydes is 1. The van der Waals surface area contributed by atoms with Crippen molar-refractivity contribution in [1.29, 1.82) is 0 Å². The Morgan fingerprint density at radius 1 is 1.04 bits per heavy atom. The molecule has 0 bridgehead atoms. The molecule has 4 fully saturated rings. The van der Waals surface area contributed by atoms with Gasteiger partial charge < -0.3 is 48.9 Å². The number of methoxy groups -OCH3 is 1. The fourth-order valence-electron chi connectivity index (χ4n) is 9.03. The second kappa shape index (κ2) is 15.1. The van der Waals surface area contributed by atoms with E-state index in [9.17, 15) is 30.0 Å². The summed E-state index contributed by atoms with van der Waals surface area (Å²) in [5.74, 6) is -1.02. The van der Waals surface area contributed by atoms with Crippen LogP contribution in [0.15, 0.2) is 36.4 Å². The van der Waals surface area contributed by atoms with E-state index in [1.165, 1.54) is 6.08 Å². The highest BCUT2D eigenvalue weighted by Crippen LogP contribution is 2.64. The molecule has 0 spiro atoms. The molecule has 47 heavy (non-hydrogen) atoms. The van der Waals surface area contributed by atoms with E-state index in [-0.39, 0.29) is 24.0 Å². The van der Waals surface area contributed by atoms with Crippen molar-refractivity contribution in [2.75, 3.05) is 20.3 Å². The maximum atomic E-state index is 13.4. The monoisotopic (exact) mass is 660 g/mol. The van der Waals surface area contributed by atoms with Gasteiger partial charge in [0.1, 0.15) is 36.8 Å². The van der Waals surface area contributed by atoms with Gasteiger partial charge in [-0.2, -0.15) is 0 Å². The number of hydrogen-bond acceptors (Lipinski definition) is 11. The van der Waals surface area contributed by atoms with Crippen molar-refractivity contribution in [2.45, 2.75) is 108 Å². The van der Waals surface area contributed by atoms with Crippen LogP contribution in [0.3, 0.4) is 0 Å². The molecule has 1 aromatic rings. The van der Waals surface area contributed by atoms with Crippen LogP contribution in [0.2, 0.25) is 0 Å². The van der Waals surface area contributed by atoms with E-state index in [2.05, 4.69) is 13.8 Å². The average molecular weight is 661 g/mol. The van der Waals surface area contributed by atoms with E-state index >= 15 is 0 Å². The minimum Gasteiger partial charge on any atom is -0.459 e. The highest BCUT2D eigenvalue weighted by molar-refractivity contribution is 5.87. The van der Waals surface area contributed by atoms with Crippen LogP contribution >= 0.6 is 0 Å². The number of carbonyl (C=O) groups is 2. The van der Waals surface area contributed by atoms with E-state index in [4.69, 9.17) is 23.7 Å². The molecule has 2 heterocycles. The number of benzene rings is 1. The minimum atomic E-state index is -1.60. The molecule has 262 valence electrons. The summed E-state index contributed by atoms with van der Waals surface area (Å²) in [7, 11) is 1.65. The second-order valence-electron chi connectivity index (χ2n) is 14.4. The van der Waals surface area contributed by atoms with Gasteiger partial charge in [0, 0.05) is 36.4 Å². The van der Waals surface area contributed by atoms with Crippen molar-refractivity contribution >= 4 is 18.3 Å². The first kappa shape index (κ1) is 36.1. The Bertz CT molecular complexity index is 1220. The summed E-state index contributed by atoms with van der Waals surface area (Å²) in [6.45, 7) is 6.42. The van der Waals surface area contributed by atoms with Gasteiger partial charge in [-0.05, 0) is 61.5 Å². The number of esters is 1. The number of rotatable bonds is 11. The first-order chi connectivity index (χ1) is 22.5. The first-order valence-electron chi connectivity index (χ1n) is 17.0. The van der Waals surface area contributed by atoms with Gasteiger partial charge in [0.25, 0.3) is 0 Å². The van der Waals surface area contributed by atoms with Crippen LogP contribution in [0.25, 0.3) is 6.08 Å². The van der Waals surface area contributed by atoms with Gasteiger partial charge in [0.2, 0.25) is 0 Å². The number of ether oxygens (including phenoxy) is 5. The van der Waals surface area contributed by atoms with Crippen LogP contribution in [0.5, 0.6) is 0 Å². The van der Waals surface area contributed by atoms with Crippen LogP contribution in [-0.2, 0) is 33.3 Å². The summed E-state index contributed by atoms with van der Waals surface area (Å²) < 4.78 is 30.0. The molecule has 0 aromatic heterocycles. The highest BCUT2D eigenvalue weighted by atomic mass is 16.7. The molecule has 14 atom stereocenters. The van der Waals surface area contributed by atoms with E-state index < -0.39 is 72.2 Å². The van der Waals surface area contributed by atoms with Gasteiger partial charge in [-0.15, -0.1) is 0 Å². The molecule has 4 aliphatic rings. The lowest BCUT2D eigenvalue weighted by Crippen LogP contribution is -2.67. The lowest BCUT2D eigenvalue weighted by molar-refractivity contribution is -0.337. The van der Waals surface area contributed by atoms with Crippen LogP contribution in [0.1, 0.15) is 64.9 Å². The SMILES string of the molecule is CO[C@@H]1OCC[C@@H]1CC[C@@]1(C)[C@H](C)C[C@H](O[C@@H]2O[C@H](CO)[C@@H](O)[C@H](O)[C@H]2O)[C@@]2(C)[C@H](C=O)CC[C@@H](OC(=O)/C=C/c3ccccc3)[C@H]12. The topological polar surface area (TPSA) is 161 Å². The smallest absolute Gasteiger partial charge is 0.331 e. The van der Waals surface area contributed by atoms with Gasteiger partial charge in [-0.3, -0.25) is 0 Å². The minimum absolute atomic E-state index is 0.0187. The summed E-state index contributed by atoms with van der Waals surface area (Å²) in [6, 6.07) is 9.49. The highest BCUT2D eigenvalue weighted by Gasteiger charge is 2.65. The molecule has 0 amide bonds. The van der Waals surface area contributed by atoms with E-state index in [1.54, 1.807) is 13.2 Å². The molecule has 2 aliphatic carbocycles. The van der Waals surface area contributed by atoms with Crippen molar-refractivity contribution in [3.63, 3.8) is 0 Å². The zero-order chi connectivity index (χ0) is 33.9. The molecule has 11 heteroatoms. The summed E-state index contributed by atoms with van der Waals surface area (Å²) in [4.78, 5) is 26.2. The van der Waals surface area contributed by atoms with Crippen molar-refractivity contribution in [3.8, 4) is 0 Å². The number of hydrogen-bond donors (Lipinski definition) is 4. The molecule has 2 saturated carbocycles. The Hall–Kier alpha value is -2.22. The van der Waals surface area contributed by atoms with Crippen LogP contribution in [0, 0.1) is 34.5 Å². The molecule has 5 rings (SSSR count). The fraction of sp³-hybridized carbons (Fsp3) is 0.722. The fourth-order valence-corrected chi connectivity index (χ4v) is 9.03. The summed E-state index contributed by atoms with van der Waals surface area (Å²) >= 11 is 0. The lowest BCUT2D eigenvalue weighted by atomic mass is 9.43. The molecule has 2 aliphatic heterocycles. The van der Waals surface area contributed by atoms with Crippen molar-refractivity contribution in [3.05, 3.63) is 42.0 Å². The zero-order valence-electron chi connectivity index (χ0n) is 27.9. The van der Waals surface area contributed by atoms with E-state index in [0.29, 0.717) is 25.9 Å².